The Balaban J connectivity index is 1.74. The first-order valence-electron chi connectivity index (χ1n) is 9.55. The molecule has 0 aliphatic carbocycles. The Bertz CT molecular complexity index is 1280. The third-order valence-electron chi connectivity index (χ3n) is 4.93. The van der Waals surface area contributed by atoms with E-state index in [1.54, 1.807) is 35.0 Å². The first kappa shape index (κ1) is 20.7. The number of hydrogen-bond acceptors (Lipinski definition) is 3. The van der Waals surface area contributed by atoms with Gasteiger partial charge in [0.15, 0.2) is 5.43 Å². The van der Waals surface area contributed by atoms with Crippen molar-refractivity contribution in [2.45, 2.75) is 12.7 Å². The van der Waals surface area contributed by atoms with Gasteiger partial charge in [-0.05, 0) is 48.0 Å². The van der Waals surface area contributed by atoms with Gasteiger partial charge in [-0.15, -0.1) is 0 Å². The number of aliphatic hydroxyl groups is 1. The highest BCUT2D eigenvalue weighted by Gasteiger charge is 2.30. The molecule has 0 unspecified atom stereocenters. The molecule has 1 N–H and O–H groups in total. The fourth-order valence-electron chi connectivity index (χ4n) is 3.41. The van der Waals surface area contributed by atoms with E-state index in [1.165, 1.54) is 18.2 Å². The maximum atomic E-state index is 12.8. The number of pyridine rings is 1. The number of alkyl halides is 3. The number of para-hydroxylation sites is 1. The van der Waals surface area contributed by atoms with Crippen LogP contribution in [-0.2, 0) is 12.7 Å². The van der Waals surface area contributed by atoms with Gasteiger partial charge < -0.3 is 14.4 Å². The van der Waals surface area contributed by atoms with Crippen LogP contribution in [0.25, 0.3) is 22.0 Å². The summed E-state index contributed by atoms with van der Waals surface area (Å²) in [5, 5.41) is 9.85. The van der Waals surface area contributed by atoms with Crippen molar-refractivity contribution in [1.82, 2.24) is 4.57 Å². The van der Waals surface area contributed by atoms with Crippen molar-refractivity contribution in [3.8, 4) is 22.6 Å². The maximum Gasteiger partial charge on any atom is 0.416 e. The van der Waals surface area contributed by atoms with Crippen LogP contribution in [0.3, 0.4) is 0 Å². The normalized spacial score (nSPS) is 11.6. The Morgan fingerprint density at radius 1 is 0.935 bits per heavy atom. The van der Waals surface area contributed by atoms with Crippen LogP contribution in [0.1, 0.15) is 5.56 Å². The molecule has 0 aliphatic heterocycles. The zero-order chi connectivity index (χ0) is 22.0. The lowest BCUT2D eigenvalue weighted by atomic mass is 10.0. The van der Waals surface area contributed by atoms with E-state index in [2.05, 4.69) is 0 Å². The monoisotopic (exact) mass is 425 g/mol. The van der Waals surface area contributed by atoms with E-state index >= 15 is 0 Å². The van der Waals surface area contributed by atoms with E-state index in [-0.39, 0.29) is 17.8 Å². The molecule has 0 amide bonds. The summed E-state index contributed by atoms with van der Waals surface area (Å²) in [5.74, 6) is 0.743. The van der Waals surface area contributed by atoms with Gasteiger partial charge in [-0.25, -0.2) is 0 Å². The Kier molecular flexibility index (Phi) is 5.52. The summed E-state index contributed by atoms with van der Waals surface area (Å²) in [6, 6.07) is 18.5. The van der Waals surface area contributed by atoms with Gasteiger partial charge in [0.25, 0.3) is 0 Å². The van der Waals surface area contributed by atoms with E-state index in [0.29, 0.717) is 23.2 Å². The lowest BCUT2D eigenvalue weighted by molar-refractivity contribution is -0.137. The molecule has 158 valence electrons. The minimum absolute atomic E-state index is 0.0736. The molecule has 0 fully saturated rings. The zero-order valence-corrected chi connectivity index (χ0v) is 16.3. The number of benzene rings is 3. The third kappa shape index (κ3) is 4.32. The number of rotatable bonds is 5. The van der Waals surface area contributed by atoms with Crippen LogP contribution < -0.4 is 10.2 Å². The quantitative estimate of drug-likeness (QED) is 0.461. The summed E-state index contributed by atoms with van der Waals surface area (Å²) in [6.07, 6.45) is -2.78. The predicted octanol–water partition coefficient (Wildman–Crippen LogP) is 5.47. The number of hydrogen-bond donors (Lipinski definition) is 1. The van der Waals surface area contributed by atoms with E-state index in [1.807, 2.05) is 18.2 Å². The van der Waals surface area contributed by atoms with Crippen molar-refractivity contribution in [3.05, 3.63) is 94.8 Å². The summed E-state index contributed by atoms with van der Waals surface area (Å²) >= 11 is 0. The lowest BCUT2D eigenvalue weighted by Crippen LogP contribution is -2.10. The van der Waals surface area contributed by atoms with E-state index in [9.17, 15) is 23.1 Å². The molecule has 4 aromatic rings. The molecule has 4 nitrogen and oxygen atoms in total. The van der Waals surface area contributed by atoms with Gasteiger partial charge in [0.1, 0.15) is 11.5 Å². The van der Waals surface area contributed by atoms with Crippen LogP contribution in [-0.4, -0.2) is 16.3 Å². The van der Waals surface area contributed by atoms with E-state index in [0.717, 1.165) is 23.3 Å². The van der Waals surface area contributed by atoms with Crippen molar-refractivity contribution in [1.29, 1.82) is 0 Å². The Morgan fingerprint density at radius 3 is 2.39 bits per heavy atom. The average molecular weight is 425 g/mol. The number of nitrogens with zero attached hydrogens (tertiary/aromatic N) is 1. The first-order chi connectivity index (χ1) is 14.9. The van der Waals surface area contributed by atoms with E-state index < -0.39 is 11.7 Å². The predicted molar refractivity (Wildman–Crippen MR) is 112 cm³/mol. The van der Waals surface area contributed by atoms with Crippen LogP contribution >= 0.6 is 0 Å². The molecule has 0 atom stereocenters. The highest BCUT2D eigenvalue weighted by atomic mass is 19.4. The smallest absolute Gasteiger partial charge is 0.416 e. The molecule has 0 bridgehead atoms. The van der Waals surface area contributed by atoms with Gasteiger partial charge in [0, 0.05) is 29.8 Å². The SMILES string of the molecule is O=c1ccn(CCO)c2cc(-c3ccccc3Oc3ccc(C(F)(F)F)cc3)ccc12. The second-order valence-corrected chi connectivity index (χ2v) is 6.95. The number of aromatic nitrogens is 1. The number of fused-ring (bicyclic) bond motifs is 1. The molecular formula is C24H18F3NO3. The zero-order valence-electron chi connectivity index (χ0n) is 16.3. The summed E-state index contributed by atoms with van der Waals surface area (Å²) < 4.78 is 46.0. The minimum atomic E-state index is -4.41. The van der Waals surface area contributed by atoms with Crippen molar-refractivity contribution in [2.24, 2.45) is 0 Å². The minimum Gasteiger partial charge on any atom is -0.457 e. The van der Waals surface area contributed by atoms with Crippen LogP contribution in [0.5, 0.6) is 11.5 Å². The van der Waals surface area contributed by atoms with Crippen molar-refractivity contribution >= 4 is 10.9 Å². The van der Waals surface area contributed by atoms with Crippen LogP contribution in [0.2, 0.25) is 0 Å². The largest absolute Gasteiger partial charge is 0.457 e. The fraction of sp³-hybridized carbons (Fsp3) is 0.125. The van der Waals surface area contributed by atoms with Crippen molar-refractivity contribution < 1.29 is 23.0 Å². The van der Waals surface area contributed by atoms with Gasteiger partial charge in [-0.1, -0.05) is 24.3 Å². The molecule has 0 spiro atoms. The van der Waals surface area contributed by atoms with Gasteiger partial charge >= 0.3 is 6.18 Å². The van der Waals surface area contributed by atoms with Crippen molar-refractivity contribution in [2.75, 3.05) is 6.61 Å². The number of halogens is 3. The Hall–Kier alpha value is -3.58. The van der Waals surface area contributed by atoms with E-state index in [4.69, 9.17) is 4.74 Å². The highest BCUT2D eigenvalue weighted by Crippen LogP contribution is 2.36. The lowest BCUT2D eigenvalue weighted by Gasteiger charge is -2.14. The molecule has 0 saturated heterocycles. The molecule has 1 heterocycles. The molecule has 4 rings (SSSR count). The summed E-state index contributed by atoms with van der Waals surface area (Å²) in [5.41, 5.74) is 1.29. The summed E-state index contributed by atoms with van der Waals surface area (Å²) in [6.45, 7) is 0.264. The van der Waals surface area contributed by atoms with Crippen LogP contribution in [0, 0.1) is 0 Å². The number of ether oxygens (including phenoxy) is 1. The third-order valence-corrected chi connectivity index (χ3v) is 4.93. The van der Waals surface area contributed by atoms with Crippen LogP contribution in [0.4, 0.5) is 13.2 Å². The Morgan fingerprint density at radius 2 is 1.68 bits per heavy atom. The molecule has 31 heavy (non-hydrogen) atoms. The molecule has 0 radical (unpaired) electrons. The molecule has 3 aromatic carbocycles. The maximum absolute atomic E-state index is 12.8. The van der Waals surface area contributed by atoms with Gasteiger partial charge in [-0.3, -0.25) is 4.79 Å². The molecular weight excluding hydrogens is 407 g/mol. The molecule has 7 heteroatoms. The topological polar surface area (TPSA) is 51.5 Å². The van der Waals surface area contributed by atoms with Crippen molar-refractivity contribution in [3.63, 3.8) is 0 Å². The average Bonchev–Trinajstić information content (AvgIpc) is 2.76. The second kappa shape index (κ2) is 8.28. The summed E-state index contributed by atoms with van der Waals surface area (Å²) in [7, 11) is 0. The van der Waals surface area contributed by atoms with Crippen LogP contribution in [0.15, 0.2) is 83.8 Å². The van der Waals surface area contributed by atoms with Gasteiger partial charge in [0.05, 0.1) is 17.7 Å². The molecule has 0 aliphatic rings. The number of aliphatic hydroxyl groups excluding tert-OH is 1. The second-order valence-electron chi connectivity index (χ2n) is 6.95. The van der Waals surface area contributed by atoms with Gasteiger partial charge in [0.2, 0.25) is 0 Å². The summed E-state index contributed by atoms with van der Waals surface area (Å²) in [4.78, 5) is 12.2. The van der Waals surface area contributed by atoms with Gasteiger partial charge in [-0.2, -0.15) is 13.2 Å². The molecule has 1 aromatic heterocycles. The highest BCUT2D eigenvalue weighted by molar-refractivity contribution is 5.86. The fourth-order valence-corrected chi connectivity index (χ4v) is 3.41. The first-order valence-corrected chi connectivity index (χ1v) is 9.55. The standard InChI is InChI=1S/C24H18F3NO3/c25-24(26,27)17-6-8-18(9-7-17)31-23-4-2-1-3-19(23)16-5-10-20-21(15-16)28(13-14-29)12-11-22(20)30/h1-12,15,29H,13-14H2. The molecule has 0 saturated carbocycles. The Labute approximate surface area is 175 Å².